The number of anilines is 1. The SMILES string of the molecule is Cc1ccc(NC(=O)C(=O)NCC(C)O)c(Cl)c1. The highest BCUT2D eigenvalue weighted by Crippen LogP contribution is 2.22. The standard InChI is InChI=1S/C12H15ClN2O3/c1-7-3-4-10(9(13)5-7)15-12(18)11(17)14-6-8(2)16/h3-5,8,16H,6H2,1-2H3,(H,14,17)(H,15,18). The van der Waals surface area contributed by atoms with Gasteiger partial charge in [-0.2, -0.15) is 0 Å². The first-order valence-electron chi connectivity index (χ1n) is 5.43. The van der Waals surface area contributed by atoms with E-state index in [1.165, 1.54) is 6.92 Å². The van der Waals surface area contributed by atoms with Gasteiger partial charge in [0.05, 0.1) is 16.8 Å². The number of hydrogen-bond acceptors (Lipinski definition) is 3. The summed E-state index contributed by atoms with van der Waals surface area (Å²) < 4.78 is 0. The molecule has 6 heteroatoms. The number of amides is 2. The summed E-state index contributed by atoms with van der Waals surface area (Å²) in [4.78, 5) is 22.9. The van der Waals surface area contributed by atoms with E-state index in [0.29, 0.717) is 10.7 Å². The normalized spacial score (nSPS) is 11.8. The van der Waals surface area contributed by atoms with Crippen LogP contribution in [0.4, 0.5) is 5.69 Å². The van der Waals surface area contributed by atoms with Crippen LogP contribution in [-0.4, -0.2) is 29.6 Å². The monoisotopic (exact) mass is 270 g/mol. The Morgan fingerprint density at radius 1 is 1.39 bits per heavy atom. The highest BCUT2D eigenvalue weighted by molar-refractivity contribution is 6.41. The molecule has 98 valence electrons. The summed E-state index contributed by atoms with van der Waals surface area (Å²) in [5.41, 5.74) is 1.33. The third-order valence-electron chi connectivity index (χ3n) is 2.14. The Morgan fingerprint density at radius 3 is 2.61 bits per heavy atom. The number of halogens is 1. The third-order valence-corrected chi connectivity index (χ3v) is 2.45. The second-order valence-electron chi connectivity index (χ2n) is 4.00. The van der Waals surface area contributed by atoms with Gasteiger partial charge in [-0.05, 0) is 31.5 Å². The summed E-state index contributed by atoms with van der Waals surface area (Å²) >= 11 is 5.92. The van der Waals surface area contributed by atoms with Gasteiger partial charge in [0.2, 0.25) is 0 Å². The molecule has 0 saturated heterocycles. The van der Waals surface area contributed by atoms with E-state index in [1.807, 2.05) is 6.92 Å². The van der Waals surface area contributed by atoms with E-state index >= 15 is 0 Å². The van der Waals surface area contributed by atoms with Crippen molar-refractivity contribution in [2.24, 2.45) is 0 Å². The molecule has 1 aromatic carbocycles. The van der Waals surface area contributed by atoms with Gasteiger partial charge in [0.1, 0.15) is 0 Å². The van der Waals surface area contributed by atoms with Crippen LogP contribution in [0.3, 0.4) is 0 Å². The third kappa shape index (κ3) is 4.35. The van der Waals surface area contributed by atoms with Crippen LogP contribution in [0.2, 0.25) is 5.02 Å². The van der Waals surface area contributed by atoms with Crippen molar-refractivity contribution in [3.63, 3.8) is 0 Å². The molecule has 0 aliphatic rings. The van der Waals surface area contributed by atoms with E-state index in [-0.39, 0.29) is 6.54 Å². The Hall–Kier alpha value is -1.59. The molecule has 0 fully saturated rings. The van der Waals surface area contributed by atoms with Gasteiger partial charge in [-0.15, -0.1) is 0 Å². The van der Waals surface area contributed by atoms with Crippen LogP contribution < -0.4 is 10.6 Å². The lowest BCUT2D eigenvalue weighted by Gasteiger charge is -2.09. The van der Waals surface area contributed by atoms with Gasteiger partial charge < -0.3 is 15.7 Å². The molecule has 3 N–H and O–H groups in total. The summed E-state index contributed by atoms with van der Waals surface area (Å²) in [6, 6.07) is 5.08. The number of aliphatic hydroxyl groups excluding tert-OH is 1. The lowest BCUT2D eigenvalue weighted by Crippen LogP contribution is -2.38. The lowest BCUT2D eigenvalue weighted by molar-refractivity contribution is -0.136. The van der Waals surface area contributed by atoms with Crippen molar-refractivity contribution in [2.75, 3.05) is 11.9 Å². The molecule has 0 bridgehead atoms. The molecule has 5 nitrogen and oxygen atoms in total. The van der Waals surface area contributed by atoms with Crippen LogP contribution in [0.1, 0.15) is 12.5 Å². The predicted molar refractivity (Wildman–Crippen MR) is 69.5 cm³/mol. The average Bonchev–Trinajstić information content (AvgIpc) is 2.29. The Kier molecular flexibility index (Phi) is 5.12. The summed E-state index contributed by atoms with van der Waals surface area (Å²) in [6.45, 7) is 3.40. The summed E-state index contributed by atoms with van der Waals surface area (Å²) in [6.07, 6.45) is -0.704. The molecule has 1 unspecified atom stereocenters. The van der Waals surface area contributed by atoms with Gasteiger partial charge in [-0.3, -0.25) is 9.59 Å². The molecule has 18 heavy (non-hydrogen) atoms. The Morgan fingerprint density at radius 2 is 2.06 bits per heavy atom. The lowest BCUT2D eigenvalue weighted by atomic mass is 10.2. The number of carbonyl (C=O) groups excluding carboxylic acids is 2. The zero-order chi connectivity index (χ0) is 13.7. The van der Waals surface area contributed by atoms with Crippen molar-refractivity contribution in [2.45, 2.75) is 20.0 Å². The Balaban J connectivity index is 2.61. The molecule has 1 atom stereocenters. The van der Waals surface area contributed by atoms with Crippen LogP contribution in [0.25, 0.3) is 0 Å². The Labute approximate surface area is 110 Å². The molecule has 2 amide bonds. The van der Waals surface area contributed by atoms with Crippen LogP contribution >= 0.6 is 11.6 Å². The maximum absolute atomic E-state index is 11.5. The van der Waals surface area contributed by atoms with Crippen molar-refractivity contribution in [1.29, 1.82) is 0 Å². The fraction of sp³-hybridized carbons (Fsp3) is 0.333. The van der Waals surface area contributed by atoms with E-state index in [4.69, 9.17) is 16.7 Å². The molecule has 0 saturated carbocycles. The largest absolute Gasteiger partial charge is 0.392 e. The number of hydrogen-bond donors (Lipinski definition) is 3. The zero-order valence-corrected chi connectivity index (χ0v) is 10.9. The molecule has 0 aromatic heterocycles. The number of aryl methyl sites for hydroxylation is 1. The minimum Gasteiger partial charge on any atom is -0.392 e. The number of rotatable bonds is 3. The smallest absolute Gasteiger partial charge is 0.313 e. The van der Waals surface area contributed by atoms with Gasteiger partial charge in [-0.25, -0.2) is 0 Å². The zero-order valence-electron chi connectivity index (χ0n) is 10.2. The fourth-order valence-corrected chi connectivity index (χ4v) is 1.50. The summed E-state index contributed by atoms with van der Waals surface area (Å²) in [5.74, 6) is -1.63. The van der Waals surface area contributed by atoms with E-state index < -0.39 is 17.9 Å². The minimum atomic E-state index is -0.818. The molecule has 1 rings (SSSR count). The highest BCUT2D eigenvalue weighted by Gasteiger charge is 2.15. The molecular formula is C12H15ClN2O3. The van der Waals surface area contributed by atoms with E-state index in [2.05, 4.69) is 10.6 Å². The van der Waals surface area contributed by atoms with Crippen LogP contribution in [0.15, 0.2) is 18.2 Å². The van der Waals surface area contributed by atoms with Crippen LogP contribution in [-0.2, 0) is 9.59 Å². The maximum atomic E-state index is 11.5. The van der Waals surface area contributed by atoms with E-state index in [0.717, 1.165) is 5.56 Å². The Bertz CT molecular complexity index is 461. The van der Waals surface area contributed by atoms with Gasteiger partial charge in [0, 0.05) is 6.54 Å². The topological polar surface area (TPSA) is 78.4 Å². The second kappa shape index (κ2) is 6.37. The average molecular weight is 271 g/mol. The number of carbonyl (C=O) groups is 2. The first-order chi connectivity index (χ1) is 8.40. The van der Waals surface area contributed by atoms with Crippen molar-refractivity contribution in [3.8, 4) is 0 Å². The number of aliphatic hydroxyl groups is 1. The second-order valence-corrected chi connectivity index (χ2v) is 4.40. The highest BCUT2D eigenvalue weighted by atomic mass is 35.5. The molecule has 0 aliphatic carbocycles. The van der Waals surface area contributed by atoms with E-state index in [9.17, 15) is 9.59 Å². The van der Waals surface area contributed by atoms with Crippen molar-refractivity contribution < 1.29 is 14.7 Å². The summed E-state index contributed by atoms with van der Waals surface area (Å²) in [5, 5.41) is 14.0. The molecule has 1 aromatic rings. The van der Waals surface area contributed by atoms with E-state index in [1.54, 1.807) is 18.2 Å². The first kappa shape index (κ1) is 14.5. The van der Waals surface area contributed by atoms with Crippen LogP contribution in [0.5, 0.6) is 0 Å². The van der Waals surface area contributed by atoms with Gasteiger partial charge in [0.25, 0.3) is 0 Å². The maximum Gasteiger partial charge on any atom is 0.313 e. The minimum absolute atomic E-state index is 0.0217. The quantitative estimate of drug-likeness (QED) is 0.720. The van der Waals surface area contributed by atoms with Crippen molar-refractivity contribution >= 4 is 29.1 Å². The first-order valence-corrected chi connectivity index (χ1v) is 5.81. The van der Waals surface area contributed by atoms with Gasteiger partial charge >= 0.3 is 11.8 Å². The van der Waals surface area contributed by atoms with Crippen molar-refractivity contribution in [3.05, 3.63) is 28.8 Å². The van der Waals surface area contributed by atoms with Gasteiger partial charge in [0.15, 0.2) is 0 Å². The molecule has 0 spiro atoms. The predicted octanol–water partition coefficient (Wildman–Crippen LogP) is 1.08. The fourth-order valence-electron chi connectivity index (χ4n) is 1.22. The molecule has 0 aliphatic heterocycles. The van der Waals surface area contributed by atoms with Gasteiger partial charge in [-0.1, -0.05) is 17.7 Å². The molecular weight excluding hydrogens is 256 g/mol. The van der Waals surface area contributed by atoms with Crippen molar-refractivity contribution in [1.82, 2.24) is 5.32 Å². The number of nitrogens with one attached hydrogen (secondary N) is 2. The number of benzene rings is 1. The molecule has 0 radical (unpaired) electrons. The summed E-state index contributed by atoms with van der Waals surface area (Å²) in [7, 11) is 0. The van der Waals surface area contributed by atoms with Crippen LogP contribution in [0, 0.1) is 6.92 Å². The molecule has 0 heterocycles.